The second kappa shape index (κ2) is 8.21. The van der Waals surface area contributed by atoms with Gasteiger partial charge in [-0.05, 0) is 23.8 Å². The summed E-state index contributed by atoms with van der Waals surface area (Å²) in [4.78, 5) is 11.7. The number of nitrogen functional groups attached to an aromatic ring is 2. The fraction of sp³-hybridized carbons (Fsp3) is 0.0625. The SMILES string of the molecule is Nc1cccc(N)c1.c1ccc(CNc2ncncn2)cc1. The Kier molecular flexibility index (Phi) is 5.69. The van der Waals surface area contributed by atoms with Crippen molar-refractivity contribution in [3.63, 3.8) is 0 Å². The lowest BCUT2D eigenvalue weighted by atomic mass is 10.2. The third-order valence-corrected chi connectivity index (χ3v) is 2.70. The average molecular weight is 294 g/mol. The summed E-state index contributed by atoms with van der Waals surface area (Å²) in [5.74, 6) is 0.601. The number of hydrogen-bond acceptors (Lipinski definition) is 6. The van der Waals surface area contributed by atoms with Crippen molar-refractivity contribution in [2.24, 2.45) is 0 Å². The molecule has 6 nitrogen and oxygen atoms in total. The van der Waals surface area contributed by atoms with E-state index in [4.69, 9.17) is 11.5 Å². The van der Waals surface area contributed by atoms with E-state index in [1.54, 1.807) is 18.2 Å². The Labute approximate surface area is 129 Å². The topological polar surface area (TPSA) is 103 Å². The minimum absolute atomic E-state index is 0.601. The summed E-state index contributed by atoms with van der Waals surface area (Å²) in [5.41, 5.74) is 13.4. The summed E-state index contributed by atoms with van der Waals surface area (Å²) >= 11 is 0. The zero-order valence-corrected chi connectivity index (χ0v) is 12.1. The molecule has 3 aromatic rings. The highest BCUT2D eigenvalue weighted by molar-refractivity contribution is 5.50. The fourth-order valence-electron chi connectivity index (χ4n) is 1.67. The van der Waals surface area contributed by atoms with Crippen LogP contribution >= 0.6 is 0 Å². The molecule has 0 fully saturated rings. The van der Waals surface area contributed by atoms with Gasteiger partial charge in [0.2, 0.25) is 5.95 Å². The van der Waals surface area contributed by atoms with Gasteiger partial charge in [-0.1, -0.05) is 36.4 Å². The monoisotopic (exact) mass is 294 g/mol. The summed E-state index contributed by atoms with van der Waals surface area (Å²) in [6.45, 7) is 0.727. The molecule has 1 aromatic heterocycles. The molecule has 0 bridgehead atoms. The number of anilines is 3. The number of nitrogens with two attached hydrogens (primary N) is 2. The number of nitrogens with one attached hydrogen (secondary N) is 1. The largest absolute Gasteiger partial charge is 0.399 e. The molecule has 6 heteroatoms. The molecule has 2 aromatic carbocycles. The molecule has 0 aliphatic rings. The second-order valence-corrected chi connectivity index (χ2v) is 4.47. The van der Waals surface area contributed by atoms with Gasteiger partial charge >= 0.3 is 0 Å². The highest BCUT2D eigenvalue weighted by atomic mass is 15.1. The van der Waals surface area contributed by atoms with Crippen LogP contribution in [0.5, 0.6) is 0 Å². The van der Waals surface area contributed by atoms with E-state index >= 15 is 0 Å². The van der Waals surface area contributed by atoms with Gasteiger partial charge in [-0.3, -0.25) is 0 Å². The van der Waals surface area contributed by atoms with Gasteiger partial charge in [-0.15, -0.1) is 0 Å². The van der Waals surface area contributed by atoms with Gasteiger partial charge in [0.1, 0.15) is 12.7 Å². The summed E-state index contributed by atoms with van der Waals surface area (Å²) in [7, 11) is 0. The van der Waals surface area contributed by atoms with Crippen LogP contribution in [-0.2, 0) is 6.54 Å². The molecule has 0 aliphatic carbocycles. The fourth-order valence-corrected chi connectivity index (χ4v) is 1.67. The van der Waals surface area contributed by atoms with Crippen LogP contribution in [0, 0.1) is 0 Å². The van der Waals surface area contributed by atoms with Crippen molar-refractivity contribution in [1.29, 1.82) is 0 Å². The van der Waals surface area contributed by atoms with Crippen molar-refractivity contribution in [1.82, 2.24) is 15.0 Å². The molecule has 1 heterocycles. The standard InChI is InChI=1S/C10H10N4.C6H8N2/c1-2-4-9(5-3-1)6-12-10-13-7-11-8-14-10;7-5-2-1-3-6(8)4-5/h1-5,7-8H,6H2,(H,11,12,13,14);1-4H,7-8H2. The number of hydrogen-bond donors (Lipinski definition) is 3. The van der Waals surface area contributed by atoms with Gasteiger partial charge in [-0.25, -0.2) is 15.0 Å². The molecule has 112 valence electrons. The summed E-state index contributed by atoms with van der Waals surface area (Å²) in [6, 6.07) is 17.3. The Morgan fingerprint density at radius 3 is 2.00 bits per heavy atom. The number of benzene rings is 2. The molecule has 22 heavy (non-hydrogen) atoms. The molecule has 0 unspecified atom stereocenters. The van der Waals surface area contributed by atoms with Crippen LogP contribution in [0.4, 0.5) is 17.3 Å². The van der Waals surface area contributed by atoms with E-state index in [9.17, 15) is 0 Å². The molecule has 5 N–H and O–H groups in total. The molecule has 0 aliphatic heterocycles. The maximum Gasteiger partial charge on any atom is 0.225 e. The predicted molar refractivity (Wildman–Crippen MR) is 88.9 cm³/mol. The van der Waals surface area contributed by atoms with Crippen molar-refractivity contribution < 1.29 is 0 Å². The van der Waals surface area contributed by atoms with E-state index in [0.717, 1.165) is 6.54 Å². The number of rotatable bonds is 3. The van der Waals surface area contributed by atoms with Gasteiger partial charge < -0.3 is 16.8 Å². The molecule has 0 radical (unpaired) electrons. The van der Waals surface area contributed by atoms with E-state index in [-0.39, 0.29) is 0 Å². The van der Waals surface area contributed by atoms with Crippen LogP contribution in [0.1, 0.15) is 5.56 Å². The van der Waals surface area contributed by atoms with Crippen LogP contribution in [0.3, 0.4) is 0 Å². The smallest absolute Gasteiger partial charge is 0.225 e. The normalized spacial score (nSPS) is 9.45. The molecule has 3 rings (SSSR count). The van der Waals surface area contributed by atoms with E-state index in [1.807, 2.05) is 36.4 Å². The lowest BCUT2D eigenvalue weighted by molar-refractivity contribution is 1.00. The highest BCUT2D eigenvalue weighted by Crippen LogP contribution is 2.06. The molecule has 0 amide bonds. The van der Waals surface area contributed by atoms with Crippen molar-refractivity contribution >= 4 is 17.3 Å². The van der Waals surface area contributed by atoms with Crippen LogP contribution < -0.4 is 16.8 Å². The highest BCUT2D eigenvalue weighted by Gasteiger charge is 1.93. The average Bonchev–Trinajstić information content (AvgIpc) is 2.55. The molecular formula is C16H18N6. The molecule has 0 spiro atoms. The Morgan fingerprint density at radius 2 is 1.45 bits per heavy atom. The Bertz CT molecular complexity index is 616. The number of aromatic nitrogens is 3. The van der Waals surface area contributed by atoms with Crippen LogP contribution in [0.2, 0.25) is 0 Å². The third-order valence-electron chi connectivity index (χ3n) is 2.70. The van der Waals surface area contributed by atoms with Crippen molar-refractivity contribution in [2.75, 3.05) is 16.8 Å². The van der Waals surface area contributed by atoms with Gasteiger partial charge in [0.15, 0.2) is 0 Å². The zero-order chi connectivity index (χ0) is 15.6. The summed E-state index contributed by atoms with van der Waals surface area (Å²) in [5, 5.41) is 3.10. The quantitative estimate of drug-likeness (QED) is 0.641. The Balaban J connectivity index is 0.000000188. The Morgan fingerprint density at radius 1 is 0.818 bits per heavy atom. The number of nitrogens with zero attached hydrogens (tertiary/aromatic N) is 3. The van der Waals surface area contributed by atoms with Crippen LogP contribution in [0.25, 0.3) is 0 Å². The first-order chi connectivity index (χ1) is 10.7. The van der Waals surface area contributed by atoms with Crippen LogP contribution in [-0.4, -0.2) is 15.0 Å². The van der Waals surface area contributed by atoms with E-state index in [1.165, 1.54) is 18.2 Å². The maximum absolute atomic E-state index is 5.38. The third kappa shape index (κ3) is 5.46. The molecule has 0 saturated carbocycles. The first-order valence-corrected chi connectivity index (χ1v) is 6.75. The van der Waals surface area contributed by atoms with E-state index in [0.29, 0.717) is 17.3 Å². The second-order valence-electron chi connectivity index (χ2n) is 4.47. The molecule has 0 saturated heterocycles. The minimum atomic E-state index is 0.601. The van der Waals surface area contributed by atoms with Gasteiger partial charge in [0.25, 0.3) is 0 Å². The zero-order valence-electron chi connectivity index (χ0n) is 12.1. The first kappa shape index (κ1) is 15.2. The summed E-state index contributed by atoms with van der Waals surface area (Å²) in [6.07, 6.45) is 2.95. The first-order valence-electron chi connectivity index (χ1n) is 6.75. The lowest BCUT2D eigenvalue weighted by Gasteiger charge is -2.02. The van der Waals surface area contributed by atoms with Gasteiger partial charge in [0, 0.05) is 17.9 Å². The maximum atomic E-state index is 5.38. The lowest BCUT2D eigenvalue weighted by Crippen LogP contribution is -2.02. The Hall–Kier alpha value is -3.15. The van der Waals surface area contributed by atoms with Crippen LogP contribution in [0.15, 0.2) is 67.3 Å². The molecule has 0 atom stereocenters. The molecular weight excluding hydrogens is 276 g/mol. The van der Waals surface area contributed by atoms with Gasteiger partial charge in [-0.2, -0.15) is 0 Å². The predicted octanol–water partition coefficient (Wildman–Crippen LogP) is 2.33. The van der Waals surface area contributed by atoms with Crippen molar-refractivity contribution in [3.05, 3.63) is 72.8 Å². The minimum Gasteiger partial charge on any atom is -0.399 e. The van der Waals surface area contributed by atoms with E-state index in [2.05, 4.69) is 20.3 Å². The van der Waals surface area contributed by atoms with Crippen molar-refractivity contribution in [2.45, 2.75) is 6.54 Å². The van der Waals surface area contributed by atoms with E-state index < -0.39 is 0 Å². The van der Waals surface area contributed by atoms with Gasteiger partial charge in [0.05, 0.1) is 0 Å². The summed E-state index contributed by atoms with van der Waals surface area (Å²) < 4.78 is 0. The van der Waals surface area contributed by atoms with Crippen molar-refractivity contribution in [3.8, 4) is 0 Å².